The summed E-state index contributed by atoms with van der Waals surface area (Å²) >= 11 is 0. The van der Waals surface area contributed by atoms with Gasteiger partial charge in [-0.2, -0.15) is 5.10 Å². The first-order chi connectivity index (χ1) is 4.88. The first kappa shape index (κ1) is 5.81. The largest absolute Gasteiger partial charge is 0.276 e. The van der Waals surface area contributed by atoms with Crippen molar-refractivity contribution in [3.05, 3.63) is 18.3 Å². The first-order valence-corrected chi connectivity index (χ1v) is 3.50. The SMILES string of the molecule is Pc1n[nH]c2cccnc12. The molecule has 0 amide bonds. The monoisotopic (exact) mass is 151 g/mol. The van der Waals surface area contributed by atoms with Gasteiger partial charge in [0, 0.05) is 6.20 Å². The summed E-state index contributed by atoms with van der Waals surface area (Å²) in [5.74, 6) is 0. The van der Waals surface area contributed by atoms with E-state index in [4.69, 9.17) is 0 Å². The molecule has 2 aromatic heterocycles. The van der Waals surface area contributed by atoms with Gasteiger partial charge in [-0.3, -0.25) is 10.1 Å². The second-order valence-corrected chi connectivity index (χ2v) is 2.56. The molecule has 3 nitrogen and oxygen atoms in total. The molecule has 0 saturated carbocycles. The summed E-state index contributed by atoms with van der Waals surface area (Å²) in [4.78, 5) is 4.13. The molecule has 4 heteroatoms. The molecule has 0 aliphatic carbocycles. The van der Waals surface area contributed by atoms with Crippen molar-refractivity contribution < 1.29 is 0 Å². The van der Waals surface area contributed by atoms with Crippen LogP contribution in [0.5, 0.6) is 0 Å². The minimum Gasteiger partial charge on any atom is -0.276 e. The average Bonchev–Trinajstić information content (AvgIpc) is 2.34. The number of nitrogens with zero attached hydrogens (tertiary/aromatic N) is 2. The van der Waals surface area contributed by atoms with E-state index in [1.54, 1.807) is 6.20 Å². The van der Waals surface area contributed by atoms with E-state index in [1.807, 2.05) is 12.1 Å². The fourth-order valence-electron chi connectivity index (χ4n) is 0.873. The quantitative estimate of drug-likeness (QED) is 0.555. The van der Waals surface area contributed by atoms with Gasteiger partial charge in [-0.25, -0.2) is 0 Å². The van der Waals surface area contributed by atoms with Gasteiger partial charge in [0.25, 0.3) is 0 Å². The lowest BCUT2D eigenvalue weighted by Crippen LogP contribution is -1.91. The Morgan fingerprint density at radius 2 is 2.40 bits per heavy atom. The third kappa shape index (κ3) is 0.711. The van der Waals surface area contributed by atoms with E-state index >= 15 is 0 Å². The topological polar surface area (TPSA) is 41.6 Å². The molecule has 2 rings (SSSR count). The molecular weight excluding hydrogens is 145 g/mol. The van der Waals surface area contributed by atoms with Crippen molar-refractivity contribution >= 4 is 25.7 Å². The summed E-state index contributed by atoms with van der Waals surface area (Å²) in [5.41, 5.74) is 2.77. The van der Waals surface area contributed by atoms with Crippen LogP contribution in [0, 0.1) is 0 Å². The van der Waals surface area contributed by atoms with Gasteiger partial charge in [-0.15, -0.1) is 0 Å². The molecule has 0 aliphatic heterocycles. The van der Waals surface area contributed by atoms with Crippen molar-refractivity contribution in [2.75, 3.05) is 0 Å². The summed E-state index contributed by atoms with van der Waals surface area (Å²) < 4.78 is 0. The van der Waals surface area contributed by atoms with Gasteiger partial charge in [0.2, 0.25) is 0 Å². The maximum absolute atomic E-state index is 4.13. The van der Waals surface area contributed by atoms with E-state index in [2.05, 4.69) is 24.4 Å². The number of hydrogen-bond donors (Lipinski definition) is 1. The number of hydrogen-bond acceptors (Lipinski definition) is 2. The maximum atomic E-state index is 4.13. The van der Waals surface area contributed by atoms with Gasteiger partial charge < -0.3 is 0 Å². The molecule has 1 atom stereocenters. The van der Waals surface area contributed by atoms with E-state index in [0.717, 1.165) is 16.5 Å². The van der Waals surface area contributed by atoms with Gasteiger partial charge in [0.15, 0.2) is 0 Å². The predicted molar refractivity (Wildman–Crippen MR) is 43.2 cm³/mol. The number of aromatic nitrogens is 3. The number of nitrogens with one attached hydrogen (secondary N) is 1. The van der Waals surface area contributed by atoms with Gasteiger partial charge >= 0.3 is 0 Å². The minimum absolute atomic E-state index is 0.871. The summed E-state index contributed by atoms with van der Waals surface area (Å²) in [5, 5.41) is 6.83. The molecule has 0 spiro atoms. The second-order valence-electron chi connectivity index (χ2n) is 2.01. The molecular formula is C6H6N3P. The number of aromatic amines is 1. The lowest BCUT2D eigenvalue weighted by atomic mass is 10.4. The van der Waals surface area contributed by atoms with E-state index in [-0.39, 0.29) is 0 Å². The lowest BCUT2D eigenvalue weighted by molar-refractivity contribution is 1.15. The number of rotatable bonds is 0. The Kier molecular flexibility index (Phi) is 1.18. The number of pyridine rings is 1. The zero-order chi connectivity index (χ0) is 6.97. The summed E-state index contributed by atoms with van der Waals surface area (Å²) in [6.07, 6.45) is 1.76. The van der Waals surface area contributed by atoms with Crippen molar-refractivity contribution in [1.29, 1.82) is 0 Å². The van der Waals surface area contributed by atoms with Crippen LogP contribution in [0.3, 0.4) is 0 Å². The summed E-state index contributed by atoms with van der Waals surface area (Å²) in [7, 11) is 2.53. The number of H-pyrrole nitrogens is 1. The highest BCUT2D eigenvalue weighted by Crippen LogP contribution is 2.04. The van der Waals surface area contributed by atoms with Crippen molar-refractivity contribution in [1.82, 2.24) is 15.2 Å². The Labute approximate surface area is 60.1 Å². The Hall–Kier alpha value is -0.950. The minimum atomic E-state index is 0.871. The molecule has 0 saturated heterocycles. The molecule has 50 valence electrons. The van der Waals surface area contributed by atoms with Crippen molar-refractivity contribution in [3.63, 3.8) is 0 Å². The highest BCUT2D eigenvalue weighted by Gasteiger charge is 1.98. The Morgan fingerprint density at radius 1 is 1.50 bits per heavy atom. The van der Waals surface area contributed by atoms with E-state index < -0.39 is 0 Å². The summed E-state index contributed by atoms with van der Waals surface area (Å²) in [6, 6.07) is 3.83. The third-order valence-electron chi connectivity index (χ3n) is 1.35. The Morgan fingerprint density at radius 3 is 3.20 bits per heavy atom. The normalized spacial score (nSPS) is 10.5. The van der Waals surface area contributed by atoms with Gasteiger partial charge in [0.1, 0.15) is 11.0 Å². The summed E-state index contributed by atoms with van der Waals surface area (Å²) in [6.45, 7) is 0. The molecule has 0 radical (unpaired) electrons. The van der Waals surface area contributed by atoms with Crippen molar-refractivity contribution in [3.8, 4) is 0 Å². The van der Waals surface area contributed by atoms with Crippen LogP contribution >= 0.6 is 9.24 Å². The third-order valence-corrected chi connectivity index (χ3v) is 1.75. The average molecular weight is 151 g/mol. The smallest absolute Gasteiger partial charge is 0.115 e. The van der Waals surface area contributed by atoms with E-state index in [1.165, 1.54) is 0 Å². The number of fused-ring (bicyclic) bond motifs is 1. The Bertz CT molecular complexity index is 355. The van der Waals surface area contributed by atoms with Crippen LogP contribution in [-0.2, 0) is 0 Å². The first-order valence-electron chi connectivity index (χ1n) is 2.92. The van der Waals surface area contributed by atoms with E-state index in [9.17, 15) is 0 Å². The second kappa shape index (κ2) is 2.03. The van der Waals surface area contributed by atoms with Gasteiger partial charge in [-0.1, -0.05) is 9.24 Å². The molecule has 10 heavy (non-hydrogen) atoms. The van der Waals surface area contributed by atoms with Crippen LogP contribution in [0.4, 0.5) is 0 Å². The molecule has 0 bridgehead atoms. The van der Waals surface area contributed by atoms with Crippen LogP contribution in [0.1, 0.15) is 0 Å². The molecule has 1 unspecified atom stereocenters. The molecule has 2 heterocycles. The lowest BCUT2D eigenvalue weighted by Gasteiger charge is -1.83. The molecule has 0 aromatic carbocycles. The van der Waals surface area contributed by atoms with Crippen LogP contribution in [0.25, 0.3) is 11.0 Å². The van der Waals surface area contributed by atoms with Crippen LogP contribution in [-0.4, -0.2) is 15.2 Å². The predicted octanol–water partition coefficient (Wildman–Crippen LogP) is 0.458. The molecule has 2 aromatic rings. The molecule has 0 fully saturated rings. The maximum Gasteiger partial charge on any atom is 0.115 e. The van der Waals surface area contributed by atoms with E-state index in [0.29, 0.717) is 0 Å². The van der Waals surface area contributed by atoms with Crippen molar-refractivity contribution in [2.24, 2.45) is 0 Å². The zero-order valence-corrected chi connectivity index (χ0v) is 6.36. The van der Waals surface area contributed by atoms with Crippen LogP contribution < -0.4 is 5.44 Å². The van der Waals surface area contributed by atoms with Crippen LogP contribution in [0.15, 0.2) is 18.3 Å². The van der Waals surface area contributed by atoms with Crippen LogP contribution in [0.2, 0.25) is 0 Å². The Balaban J connectivity index is 2.93. The highest BCUT2D eigenvalue weighted by molar-refractivity contribution is 7.27. The molecule has 1 N–H and O–H groups in total. The fourth-order valence-corrected chi connectivity index (χ4v) is 1.17. The molecule has 0 aliphatic rings. The standard InChI is InChI=1S/C6H6N3P/c10-6-5-4(8-9-6)2-1-3-7-5/h1-3H,10H2,(H,8,9). The zero-order valence-electron chi connectivity index (χ0n) is 5.20. The van der Waals surface area contributed by atoms with Gasteiger partial charge in [-0.05, 0) is 12.1 Å². The highest BCUT2D eigenvalue weighted by atomic mass is 31.0. The van der Waals surface area contributed by atoms with Crippen molar-refractivity contribution in [2.45, 2.75) is 0 Å². The van der Waals surface area contributed by atoms with Gasteiger partial charge in [0.05, 0.1) is 5.52 Å². The fraction of sp³-hybridized carbons (Fsp3) is 0.